The number of rotatable bonds is 7. The van der Waals surface area contributed by atoms with Crippen LogP contribution in [0, 0.1) is 0 Å². The first-order valence-corrected chi connectivity index (χ1v) is 23.0. The second-order valence-corrected chi connectivity index (χ2v) is 18.4. The first kappa shape index (κ1) is 38.3. The third-order valence-electron chi connectivity index (χ3n) is 14.6. The molecule has 0 N–H and O–H groups in total. The van der Waals surface area contributed by atoms with Crippen molar-refractivity contribution in [3.05, 3.63) is 270 Å². The van der Waals surface area contributed by atoms with E-state index in [0.29, 0.717) is 0 Å². The number of benzene rings is 10. The lowest BCUT2D eigenvalue weighted by Gasteiger charge is -2.35. The summed E-state index contributed by atoms with van der Waals surface area (Å²) in [5.74, 6) is 0. The van der Waals surface area contributed by atoms with E-state index in [4.69, 9.17) is 4.42 Å². The van der Waals surface area contributed by atoms with Gasteiger partial charge in [0.25, 0.3) is 0 Å². The Balaban J connectivity index is 1.06. The zero-order valence-electron chi connectivity index (χ0n) is 36.9. The standard InChI is InChI=1S/C64H45NO/c1-63(2)54-28-12-9-24-50(54)51-39-38-48(41-57(51)63)65(47-36-34-43(35-37-47)49-27-16-33-60-61(49)53-26-11-14-32-59(53)66-60)58-31-17-30-56-62(58)52-25-10-13-29-55(52)64(56,45-21-7-4-8-22-45)46-23-15-20-44(40-46)42-18-5-3-6-19-42/h3-41H,1-2H3. The molecule has 0 amide bonds. The van der Waals surface area contributed by atoms with Gasteiger partial charge in [-0.2, -0.15) is 0 Å². The summed E-state index contributed by atoms with van der Waals surface area (Å²) in [7, 11) is 0. The highest BCUT2D eigenvalue weighted by Gasteiger charge is 2.47. The van der Waals surface area contributed by atoms with E-state index in [1.54, 1.807) is 0 Å². The number of hydrogen-bond donors (Lipinski definition) is 0. The average molecular weight is 844 g/mol. The van der Waals surface area contributed by atoms with Gasteiger partial charge in [-0.1, -0.05) is 202 Å². The minimum Gasteiger partial charge on any atom is -0.456 e. The molecule has 0 radical (unpaired) electrons. The summed E-state index contributed by atoms with van der Waals surface area (Å²) in [5.41, 5.74) is 22.0. The largest absolute Gasteiger partial charge is 0.456 e. The van der Waals surface area contributed by atoms with Gasteiger partial charge >= 0.3 is 0 Å². The maximum Gasteiger partial charge on any atom is 0.136 e. The third-order valence-corrected chi connectivity index (χ3v) is 14.6. The second kappa shape index (κ2) is 14.7. The molecule has 1 unspecified atom stereocenters. The predicted molar refractivity (Wildman–Crippen MR) is 274 cm³/mol. The summed E-state index contributed by atoms with van der Waals surface area (Å²) in [5, 5.41) is 2.27. The van der Waals surface area contributed by atoms with Crippen LogP contribution in [0.15, 0.2) is 241 Å². The Hall–Kier alpha value is -8.20. The molecule has 66 heavy (non-hydrogen) atoms. The van der Waals surface area contributed by atoms with Gasteiger partial charge in [0.2, 0.25) is 0 Å². The van der Waals surface area contributed by atoms with Crippen LogP contribution in [0.5, 0.6) is 0 Å². The number of anilines is 3. The molecule has 2 aliphatic carbocycles. The summed E-state index contributed by atoms with van der Waals surface area (Å²) < 4.78 is 6.34. The normalized spacial score (nSPS) is 15.3. The molecule has 1 atom stereocenters. The van der Waals surface area contributed by atoms with Crippen molar-refractivity contribution >= 4 is 39.0 Å². The Morgan fingerprint density at radius 3 is 1.79 bits per heavy atom. The van der Waals surface area contributed by atoms with Crippen molar-refractivity contribution in [2.45, 2.75) is 24.7 Å². The number of hydrogen-bond acceptors (Lipinski definition) is 2. The van der Waals surface area contributed by atoms with E-state index >= 15 is 0 Å². The van der Waals surface area contributed by atoms with E-state index in [-0.39, 0.29) is 5.41 Å². The van der Waals surface area contributed by atoms with Crippen LogP contribution in [0.4, 0.5) is 17.1 Å². The van der Waals surface area contributed by atoms with Crippen LogP contribution in [0.3, 0.4) is 0 Å². The van der Waals surface area contributed by atoms with Crippen LogP contribution in [0.2, 0.25) is 0 Å². The first-order valence-electron chi connectivity index (χ1n) is 23.0. The van der Waals surface area contributed by atoms with E-state index in [2.05, 4.69) is 249 Å². The van der Waals surface area contributed by atoms with Crippen LogP contribution in [0.25, 0.3) is 66.4 Å². The summed E-state index contributed by atoms with van der Waals surface area (Å²) >= 11 is 0. The molecule has 0 fully saturated rings. The Labute approximate surface area is 385 Å². The molecule has 1 heterocycles. The van der Waals surface area contributed by atoms with Gasteiger partial charge in [-0.3, -0.25) is 0 Å². The van der Waals surface area contributed by atoms with Crippen LogP contribution in [-0.4, -0.2) is 0 Å². The third kappa shape index (κ3) is 5.55. The average Bonchev–Trinajstić information content (AvgIpc) is 3.99. The van der Waals surface area contributed by atoms with Crippen molar-refractivity contribution in [1.29, 1.82) is 0 Å². The monoisotopic (exact) mass is 843 g/mol. The van der Waals surface area contributed by atoms with Crippen molar-refractivity contribution in [2.75, 3.05) is 4.90 Å². The highest BCUT2D eigenvalue weighted by molar-refractivity contribution is 6.12. The molecule has 2 aliphatic rings. The van der Waals surface area contributed by atoms with E-state index in [1.807, 2.05) is 6.07 Å². The van der Waals surface area contributed by atoms with Gasteiger partial charge in [-0.05, 0) is 121 Å². The molecule has 0 saturated heterocycles. The Morgan fingerprint density at radius 1 is 0.364 bits per heavy atom. The Morgan fingerprint density at radius 2 is 0.955 bits per heavy atom. The van der Waals surface area contributed by atoms with Gasteiger partial charge in [0.05, 0.1) is 11.1 Å². The van der Waals surface area contributed by atoms with Crippen LogP contribution >= 0.6 is 0 Å². The highest BCUT2D eigenvalue weighted by Crippen LogP contribution is 2.60. The van der Waals surface area contributed by atoms with Crippen LogP contribution in [-0.2, 0) is 10.8 Å². The molecule has 2 heteroatoms. The van der Waals surface area contributed by atoms with E-state index in [9.17, 15) is 0 Å². The van der Waals surface area contributed by atoms with Crippen molar-refractivity contribution in [2.24, 2.45) is 0 Å². The summed E-state index contributed by atoms with van der Waals surface area (Å²) in [6.45, 7) is 4.74. The molecule has 13 rings (SSSR count). The number of para-hydroxylation sites is 1. The Kier molecular flexibility index (Phi) is 8.51. The van der Waals surface area contributed by atoms with Gasteiger partial charge in [0, 0.05) is 33.1 Å². The van der Waals surface area contributed by atoms with Crippen molar-refractivity contribution in [3.8, 4) is 44.5 Å². The molecule has 1 aromatic heterocycles. The molecule has 0 saturated carbocycles. The summed E-state index contributed by atoms with van der Waals surface area (Å²) in [6.07, 6.45) is 0. The molecular formula is C64H45NO. The smallest absolute Gasteiger partial charge is 0.136 e. The zero-order valence-corrected chi connectivity index (χ0v) is 36.9. The maximum atomic E-state index is 6.34. The molecule has 10 aromatic carbocycles. The highest BCUT2D eigenvalue weighted by atomic mass is 16.3. The quantitative estimate of drug-likeness (QED) is 0.159. The lowest BCUT2D eigenvalue weighted by molar-refractivity contribution is 0.660. The van der Waals surface area contributed by atoms with E-state index in [1.165, 1.54) is 66.8 Å². The van der Waals surface area contributed by atoms with Crippen LogP contribution in [0.1, 0.15) is 47.2 Å². The van der Waals surface area contributed by atoms with Gasteiger partial charge in [0.15, 0.2) is 0 Å². The number of furan rings is 1. The number of nitrogens with zero attached hydrogens (tertiary/aromatic N) is 1. The predicted octanol–water partition coefficient (Wildman–Crippen LogP) is 17.1. The molecule has 312 valence electrons. The minimum atomic E-state index is -0.586. The van der Waals surface area contributed by atoms with E-state index < -0.39 is 5.41 Å². The molecule has 11 aromatic rings. The van der Waals surface area contributed by atoms with E-state index in [0.717, 1.165) is 50.1 Å². The second-order valence-electron chi connectivity index (χ2n) is 18.4. The lowest BCUT2D eigenvalue weighted by atomic mass is 9.67. The van der Waals surface area contributed by atoms with Crippen molar-refractivity contribution < 1.29 is 4.42 Å². The summed E-state index contributed by atoms with van der Waals surface area (Å²) in [6, 6.07) is 87.2. The first-order chi connectivity index (χ1) is 32.5. The van der Waals surface area contributed by atoms with Crippen molar-refractivity contribution in [3.63, 3.8) is 0 Å². The fraction of sp³-hybridized carbons (Fsp3) is 0.0625. The fourth-order valence-electron chi connectivity index (χ4n) is 11.6. The molecule has 0 spiro atoms. The zero-order chi connectivity index (χ0) is 44.0. The van der Waals surface area contributed by atoms with Gasteiger partial charge in [-0.25, -0.2) is 0 Å². The van der Waals surface area contributed by atoms with Crippen molar-refractivity contribution in [1.82, 2.24) is 0 Å². The minimum absolute atomic E-state index is 0.166. The maximum absolute atomic E-state index is 6.34. The molecular weight excluding hydrogens is 799 g/mol. The SMILES string of the molecule is CC1(C)c2ccccc2-c2ccc(N(c3ccc(-c4cccc5oc6ccccc6c45)cc3)c3cccc4c3-c3ccccc3C4(c3ccccc3)c3cccc(-c4ccccc4)c3)cc21. The molecule has 0 bridgehead atoms. The van der Waals surface area contributed by atoms with Gasteiger partial charge in [-0.15, -0.1) is 0 Å². The van der Waals surface area contributed by atoms with Gasteiger partial charge < -0.3 is 9.32 Å². The number of fused-ring (bicyclic) bond motifs is 9. The Bertz CT molecular complexity index is 3670. The van der Waals surface area contributed by atoms with Gasteiger partial charge in [0.1, 0.15) is 11.2 Å². The molecule has 2 nitrogen and oxygen atoms in total. The molecule has 0 aliphatic heterocycles. The topological polar surface area (TPSA) is 16.4 Å². The summed E-state index contributed by atoms with van der Waals surface area (Å²) in [4.78, 5) is 2.51. The fourth-order valence-corrected chi connectivity index (χ4v) is 11.6. The van der Waals surface area contributed by atoms with Crippen LogP contribution < -0.4 is 4.90 Å². The lowest BCUT2D eigenvalue weighted by Crippen LogP contribution is -2.28.